The van der Waals surface area contributed by atoms with Gasteiger partial charge in [-0.25, -0.2) is 0 Å². The Hall–Kier alpha value is -6.84. The second-order valence-corrected chi connectivity index (χ2v) is 13.4. The van der Waals surface area contributed by atoms with Crippen molar-refractivity contribution in [2.75, 3.05) is 0 Å². The Morgan fingerprint density at radius 3 is 1.02 bits per heavy atom. The van der Waals surface area contributed by atoms with Crippen LogP contribution in [0.5, 0.6) is 0 Å². The molecule has 0 spiro atoms. The summed E-state index contributed by atoms with van der Waals surface area (Å²) in [7, 11) is 0. The average Bonchev–Trinajstić information content (AvgIpc) is 3.85. The first-order valence-electron chi connectivity index (χ1n) is 17.4. The molecule has 238 valence electrons. The van der Waals surface area contributed by atoms with Crippen molar-refractivity contribution in [2.24, 2.45) is 0 Å². The van der Waals surface area contributed by atoms with Gasteiger partial charge < -0.3 is 13.6 Å². The van der Waals surface area contributed by atoms with Crippen molar-refractivity contribution in [3.05, 3.63) is 182 Å². The number of hydrogen-bond donors (Lipinski definition) is 0. The summed E-state index contributed by atoms with van der Waals surface area (Å²) < 4.78 is 11.1. The Balaban J connectivity index is 1.02. The average molecular weight is 651 g/mol. The second kappa shape index (κ2) is 10.8. The first-order valence-corrected chi connectivity index (χ1v) is 17.4. The Bertz CT molecular complexity index is 2840. The molecular weight excluding hydrogens is 621 g/mol. The van der Waals surface area contributed by atoms with Crippen molar-refractivity contribution in [1.82, 2.24) is 9.13 Å². The van der Waals surface area contributed by atoms with E-state index in [1.54, 1.807) is 0 Å². The van der Waals surface area contributed by atoms with Crippen LogP contribution in [0, 0.1) is 0 Å². The molecule has 3 nitrogen and oxygen atoms in total. The summed E-state index contributed by atoms with van der Waals surface area (Å²) in [5.41, 5.74) is 13.6. The molecule has 8 aromatic carbocycles. The molecule has 0 N–H and O–H groups in total. The van der Waals surface area contributed by atoms with Crippen LogP contribution in [0.15, 0.2) is 186 Å². The van der Waals surface area contributed by atoms with Gasteiger partial charge in [-0.3, -0.25) is 0 Å². The number of benzene rings is 8. The minimum atomic E-state index is 0.892. The molecule has 0 saturated carbocycles. The smallest absolute Gasteiger partial charge is 0.135 e. The Kier molecular flexibility index (Phi) is 5.96. The van der Waals surface area contributed by atoms with Gasteiger partial charge in [-0.05, 0) is 95.1 Å². The largest absolute Gasteiger partial charge is 0.456 e. The van der Waals surface area contributed by atoms with Crippen LogP contribution in [0.2, 0.25) is 0 Å². The molecule has 0 aliphatic carbocycles. The molecule has 3 heterocycles. The van der Waals surface area contributed by atoms with E-state index in [0.29, 0.717) is 0 Å². The third kappa shape index (κ3) is 4.25. The van der Waals surface area contributed by atoms with Gasteiger partial charge in [0.2, 0.25) is 0 Å². The molecule has 0 aliphatic rings. The molecule has 3 aromatic heterocycles. The van der Waals surface area contributed by atoms with Crippen molar-refractivity contribution in [3.63, 3.8) is 0 Å². The fourth-order valence-corrected chi connectivity index (χ4v) is 8.19. The summed E-state index contributed by atoms with van der Waals surface area (Å²) in [4.78, 5) is 0. The summed E-state index contributed by atoms with van der Waals surface area (Å²) in [6.45, 7) is 0. The number of para-hydroxylation sites is 4. The van der Waals surface area contributed by atoms with Crippen molar-refractivity contribution < 1.29 is 4.42 Å². The van der Waals surface area contributed by atoms with Crippen molar-refractivity contribution in [2.45, 2.75) is 0 Å². The van der Waals surface area contributed by atoms with Crippen LogP contribution in [0.3, 0.4) is 0 Å². The first-order chi connectivity index (χ1) is 25.3. The first kappa shape index (κ1) is 28.0. The molecule has 0 amide bonds. The van der Waals surface area contributed by atoms with E-state index in [9.17, 15) is 0 Å². The Morgan fingerprint density at radius 1 is 0.275 bits per heavy atom. The number of hydrogen-bond acceptors (Lipinski definition) is 1. The predicted octanol–water partition coefficient (Wildman–Crippen LogP) is 13.1. The number of furan rings is 1. The van der Waals surface area contributed by atoms with Crippen molar-refractivity contribution in [1.29, 1.82) is 0 Å². The highest BCUT2D eigenvalue weighted by atomic mass is 16.3. The maximum absolute atomic E-state index is 6.38. The predicted molar refractivity (Wildman–Crippen MR) is 213 cm³/mol. The molecule has 51 heavy (non-hydrogen) atoms. The quantitative estimate of drug-likeness (QED) is 0.186. The summed E-state index contributed by atoms with van der Waals surface area (Å²) >= 11 is 0. The van der Waals surface area contributed by atoms with E-state index in [2.05, 4.69) is 191 Å². The number of nitrogens with zero attached hydrogens (tertiary/aromatic N) is 2. The molecule has 0 saturated heterocycles. The van der Waals surface area contributed by atoms with E-state index >= 15 is 0 Å². The van der Waals surface area contributed by atoms with Crippen LogP contribution < -0.4 is 0 Å². The standard InChI is InChI=1S/C48H30N2O/c1-5-19-43-37(15-1)38-16-2-6-20-44(38)49(43)35-13-9-11-31(27-35)33-23-25-47-41(29-33)42-30-34(24-26-48(42)51-47)32-12-10-14-36(28-32)50-45-21-7-3-17-39(45)40-18-4-8-22-46(40)50/h1-30H. The number of aromatic nitrogens is 2. The van der Waals surface area contributed by atoms with Crippen LogP contribution in [0.4, 0.5) is 0 Å². The van der Waals surface area contributed by atoms with Crippen LogP contribution in [-0.2, 0) is 0 Å². The third-order valence-electron chi connectivity index (χ3n) is 10.5. The second-order valence-electron chi connectivity index (χ2n) is 13.4. The molecule has 0 aliphatic heterocycles. The van der Waals surface area contributed by atoms with Crippen molar-refractivity contribution in [3.8, 4) is 33.6 Å². The van der Waals surface area contributed by atoms with Gasteiger partial charge in [0.05, 0.1) is 22.1 Å². The monoisotopic (exact) mass is 650 g/mol. The van der Waals surface area contributed by atoms with E-state index in [-0.39, 0.29) is 0 Å². The zero-order valence-corrected chi connectivity index (χ0v) is 27.6. The SMILES string of the molecule is c1cc(-c2ccc3oc4ccc(-c5cccc(-n6c7ccccc7c7ccccc76)c5)cc4c3c2)cc(-n2c3ccccc3c3ccccc32)c1. The van der Waals surface area contributed by atoms with Crippen LogP contribution in [-0.4, -0.2) is 9.13 Å². The van der Waals surface area contributed by atoms with Crippen LogP contribution in [0.25, 0.3) is 99.2 Å². The molecule has 3 heteroatoms. The van der Waals surface area contributed by atoms with Gasteiger partial charge in [-0.15, -0.1) is 0 Å². The lowest BCUT2D eigenvalue weighted by atomic mass is 9.99. The maximum atomic E-state index is 6.38. The summed E-state index contributed by atoms with van der Waals surface area (Å²) in [6.07, 6.45) is 0. The zero-order chi connectivity index (χ0) is 33.5. The Labute approximate surface area is 293 Å². The van der Waals surface area contributed by atoms with Gasteiger partial charge in [0.15, 0.2) is 0 Å². The molecule has 0 bridgehead atoms. The fraction of sp³-hybridized carbons (Fsp3) is 0. The van der Waals surface area contributed by atoms with E-state index in [0.717, 1.165) is 44.4 Å². The van der Waals surface area contributed by atoms with Crippen molar-refractivity contribution >= 4 is 65.6 Å². The zero-order valence-electron chi connectivity index (χ0n) is 27.6. The maximum Gasteiger partial charge on any atom is 0.135 e. The third-order valence-corrected chi connectivity index (χ3v) is 10.5. The Morgan fingerprint density at radius 2 is 0.627 bits per heavy atom. The number of rotatable bonds is 4. The lowest BCUT2D eigenvalue weighted by Gasteiger charge is -2.11. The highest BCUT2D eigenvalue weighted by Gasteiger charge is 2.15. The highest BCUT2D eigenvalue weighted by Crippen LogP contribution is 2.38. The van der Waals surface area contributed by atoms with E-state index in [1.165, 1.54) is 54.7 Å². The minimum absolute atomic E-state index is 0.892. The molecule has 0 fully saturated rings. The van der Waals surface area contributed by atoms with E-state index in [1.807, 2.05) is 0 Å². The molecular formula is C48H30N2O. The van der Waals surface area contributed by atoms with Gasteiger partial charge in [0, 0.05) is 43.7 Å². The number of fused-ring (bicyclic) bond motifs is 9. The molecule has 11 rings (SSSR count). The van der Waals surface area contributed by atoms with E-state index < -0.39 is 0 Å². The molecule has 0 unspecified atom stereocenters. The van der Waals surface area contributed by atoms with Gasteiger partial charge in [-0.2, -0.15) is 0 Å². The normalized spacial score (nSPS) is 11.9. The summed E-state index contributed by atoms with van der Waals surface area (Å²) in [5, 5.41) is 7.29. The van der Waals surface area contributed by atoms with Crippen LogP contribution in [0.1, 0.15) is 0 Å². The summed E-state index contributed by atoms with van der Waals surface area (Å²) in [6, 6.07) is 65.5. The topological polar surface area (TPSA) is 23.0 Å². The van der Waals surface area contributed by atoms with Gasteiger partial charge in [0.1, 0.15) is 11.2 Å². The lowest BCUT2D eigenvalue weighted by Crippen LogP contribution is -1.94. The van der Waals surface area contributed by atoms with Gasteiger partial charge in [-0.1, -0.05) is 109 Å². The molecule has 0 radical (unpaired) electrons. The molecule has 11 aromatic rings. The summed E-state index contributed by atoms with van der Waals surface area (Å²) in [5.74, 6) is 0. The van der Waals surface area contributed by atoms with Crippen LogP contribution >= 0.6 is 0 Å². The highest BCUT2D eigenvalue weighted by molar-refractivity contribution is 6.11. The van der Waals surface area contributed by atoms with Gasteiger partial charge >= 0.3 is 0 Å². The van der Waals surface area contributed by atoms with Gasteiger partial charge in [0.25, 0.3) is 0 Å². The molecule has 0 atom stereocenters. The van der Waals surface area contributed by atoms with E-state index in [4.69, 9.17) is 4.42 Å². The fourth-order valence-electron chi connectivity index (χ4n) is 8.19. The lowest BCUT2D eigenvalue weighted by molar-refractivity contribution is 0.669. The minimum Gasteiger partial charge on any atom is -0.456 e.